The second-order valence-corrected chi connectivity index (χ2v) is 12.5. The number of halogens is 5. The number of hydrogen-bond donors (Lipinski definition) is 0. The maximum Gasteiger partial charge on any atom is 0.426 e. The fourth-order valence-corrected chi connectivity index (χ4v) is 7.83. The minimum atomic E-state index is -5.04. The van der Waals surface area contributed by atoms with E-state index < -0.39 is 33.6 Å². The van der Waals surface area contributed by atoms with E-state index in [0.717, 1.165) is 11.1 Å². The number of alkyl halides is 4. The molecule has 0 aromatic heterocycles. The third-order valence-electron chi connectivity index (χ3n) is 8.67. The number of aryl methyl sites for hydroxylation is 1. The molecule has 200 valence electrons. The number of nitrogens with zero attached hydrogens (tertiary/aromatic N) is 1. The van der Waals surface area contributed by atoms with E-state index in [1.165, 1.54) is 24.3 Å². The van der Waals surface area contributed by atoms with Gasteiger partial charge in [0.15, 0.2) is 0 Å². The van der Waals surface area contributed by atoms with Crippen molar-refractivity contribution in [3.8, 4) is 0 Å². The van der Waals surface area contributed by atoms with Crippen molar-refractivity contribution in [1.29, 1.82) is 0 Å². The van der Waals surface area contributed by atoms with E-state index in [9.17, 15) is 31.0 Å². The molecule has 1 unspecified atom stereocenters. The molecule has 2 aromatic rings. The smallest absolute Gasteiger partial charge is 0.339 e. The summed E-state index contributed by atoms with van der Waals surface area (Å²) in [5, 5.41) is 0. The molecule has 3 aliphatic rings. The molecule has 37 heavy (non-hydrogen) atoms. The largest absolute Gasteiger partial charge is 0.426 e. The Bertz CT molecular complexity index is 1200. The Morgan fingerprint density at radius 1 is 1.05 bits per heavy atom. The number of carbonyl (C=O) groups is 1. The lowest BCUT2D eigenvalue weighted by molar-refractivity contribution is -0.228. The molecule has 0 spiro atoms. The Morgan fingerprint density at radius 2 is 1.73 bits per heavy atom. The number of carbonyl (C=O) groups excluding carboxylic acids is 1. The number of benzene rings is 2. The summed E-state index contributed by atoms with van der Waals surface area (Å²) >= 11 is 0. The van der Waals surface area contributed by atoms with Crippen LogP contribution in [0.1, 0.15) is 54.9 Å². The Balaban J connectivity index is 1.53. The molecule has 0 bridgehead atoms. The van der Waals surface area contributed by atoms with Crippen molar-refractivity contribution < 1.29 is 31.0 Å². The van der Waals surface area contributed by atoms with Gasteiger partial charge < -0.3 is 4.90 Å². The van der Waals surface area contributed by atoms with E-state index in [1.807, 2.05) is 4.90 Å². The average Bonchev–Trinajstić information content (AvgIpc) is 3.24. The Kier molecular flexibility index (Phi) is 6.74. The molecular formula is C28H30F5NO2S. The van der Waals surface area contributed by atoms with E-state index in [-0.39, 0.29) is 23.7 Å². The van der Waals surface area contributed by atoms with Gasteiger partial charge in [0, 0.05) is 46.2 Å². The van der Waals surface area contributed by atoms with Crippen molar-refractivity contribution in [3.63, 3.8) is 0 Å². The van der Waals surface area contributed by atoms with Gasteiger partial charge in [-0.3, -0.25) is 9.00 Å². The second-order valence-electron chi connectivity index (χ2n) is 10.8. The highest BCUT2D eigenvalue weighted by atomic mass is 32.2. The quantitative estimate of drug-likeness (QED) is 0.464. The zero-order chi connectivity index (χ0) is 26.6. The molecule has 1 aliphatic carbocycles. The molecule has 3 atom stereocenters. The molecule has 0 saturated carbocycles. The lowest BCUT2D eigenvalue weighted by Crippen LogP contribution is -2.51. The van der Waals surface area contributed by atoms with Crippen molar-refractivity contribution in [3.05, 3.63) is 70.5 Å². The molecule has 2 aliphatic heterocycles. The first-order valence-corrected chi connectivity index (χ1v) is 14.2. The summed E-state index contributed by atoms with van der Waals surface area (Å²) in [5.41, 5.74) is -2.07. The van der Waals surface area contributed by atoms with Crippen molar-refractivity contribution in [2.75, 3.05) is 18.1 Å². The lowest BCUT2D eigenvalue weighted by atomic mass is 9.63. The third-order valence-corrected chi connectivity index (χ3v) is 10.1. The molecule has 5 rings (SSSR count). The lowest BCUT2D eigenvalue weighted by Gasteiger charge is -2.44. The van der Waals surface area contributed by atoms with Crippen LogP contribution in [0, 0.1) is 11.7 Å². The van der Waals surface area contributed by atoms with Crippen LogP contribution in [0.15, 0.2) is 42.5 Å². The zero-order valence-electron chi connectivity index (χ0n) is 20.6. The molecule has 2 heterocycles. The van der Waals surface area contributed by atoms with E-state index in [0.29, 0.717) is 69.1 Å². The summed E-state index contributed by atoms with van der Waals surface area (Å²) < 4.78 is 80.6. The van der Waals surface area contributed by atoms with Gasteiger partial charge in [0.25, 0.3) is 0 Å². The molecule has 0 radical (unpaired) electrons. The van der Waals surface area contributed by atoms with Gasteiger partial charge in [-0.1, -0.05) is 30.3 Å². The highest BCUT2D eigenvalue weighted by molar-refractivity contribution is 7.85. The molecule has 0 N–H and O–H groups in total. The molecule has 2 aromatic carbocycles. The first-order valence-electron chi connectivity index (χ1n) is 12.7. The monoisotopic (exact) mass is 539 g/mol. The van der Waals surface area contributed by atoms with Crippen LogP contribution in [0.2, 0.25) is 0 Å². The maximum absolute atomic E-state index is 14.8. The minimum absolute atomic E-state index is 0.0520. The summed E-state index contributed by atoms with van der Waals surface area (Å²) in [4.78, 5) is 15.5. The number of likely N-dealkylation sites (tertiary alicyclic amines) is 1. The summed E-state index contributed by atoms with van der Waals surface area (Å²) in [6.07, 6.45) is -1.77. The van der Waals surface area contributed by atoms with Crippen LogP contribution >= 0.6 is 0 Å². The van der Waals surface area contributed by atoms with Crippen LogP contribution in [0.4, 0.5) is 22.0 Å². The Labute approximate surface area is 215 Å². The summed E-state index contributed by atoms with van der Waals surface area (Å²) in [7, 11) is -0.882. The normalized spacial score (nSPS) is 29.4. The zero-order valence-corrected chi connectivity index (χ0v) is 21.4. The molecule has 2 saturated heterocycles. The van der Waals surface area contributed by atoms with Crippen LogP contribution in [0.5, 0.6) is 0 Å². The molecule has 2 fully saturated rings. The van der Waals surface area contributed by atoms with Gasteiger partial charge in [-0.15, -0.1) is 0 Å². The first-order chi connectivity index (χ1) is 17.4. The highest BCUT2D eigenvalue weighted by Crippen LogP contribution is 2.51. The van der Waals surface area contributed by atoms with E-state index in [4.69, 9.17) is 0 Å². The summed E-state index contributed by atoms with van der Waals surface area (Å²) in [6, 6.07) is 10.2. The number of amides is 1. The summed E-state index contributed by atoms with van der Waals surface area (Å²) in [6.45, 7) is 1.05. The maximum atomic E-state index is 14.8. The Morgan fingerprint density at radius 3 is 2.38 bits per heavy atom. The summed E-state index contributed by atoms with van der Waals surface area (Å²) in [5.74, 6) is 0.544. The second kappa shape index (κ2) is 9.47. The van der Waals surface area contributed by atoms with Crippen molar-refractivity contribution >= 4 is 16.7 Å². The van der Waals surface area contributed by atoms with Gasteiger partial charge in [-0.25, -0.2) is 8.78 Å². The fourth-order valence-electron chi connectivity index (χ4n) is 6.53. The van der Waals surface area contributed by atoms with Gasteiger partial charge in [-0.2, -0.15) is 13.2 Å². The van der Waals surface area contributed by atoms with E-state index in [1.54, 1.807) is 18.2 Å². The van der Waals surface area contributed by atoms with Gasteiger partial charge in [0.2, 0.25) is 11.6 Å². The number of fused-ring (bicyclic) bond motifs is 3. The van der Waals surface area contributed by atoms with Crippen molar-refractivity contribution in [2.45, 2.75) is 68.8 Å². The molecular weight excluding hydrogens is 509 g/mol. The standard InChI is InChI=1S/C28H30F5NO2S/c1-26(30,28(31,32)33)21-5-8-23-20(16-21)4-9-24-27(23,17-18-2-6-22(29)7-3-18)12-13-34(24)25(35)19-10-14-37(36)15-11-19/h2-3,5-8,16,19,24H,4,9-15,17H2,1H3/t19?,24-,26?,27-,37?/m1/s1. The van der Waals surface area contributed by atoms with Gasteiger partial charge in [-0.05, 0) is 79.8 Å². The predicted octanol–water partition coefficient (Wildman–Crippen LogP) is 5.76. The van der Waals surface area contributed by atoms with Crippen LogP contribution in [-0.4, -0.2) is 45.3 Å². The van der Waals surface area contributed by atoms with Gasteiger partial charge in [0.1, 0.15) is 5.82 Å². The fraction of sp³-hybridized carbons (Fsp3) is 0.536. The van der Waals surface area contributed by atoms with Crippen molar-refractivity contribution in [1.82, 2.24) is 4.90 Å². The average molecular weight is 540 g/mol. The topological polar surface area (TPSA) is 37.4 Å². The van der Waals surface area contributed by atoms with E-state index >= 15 is 0 Å². The molecule has 9 heteroatoms. The van der Waals surface area contributed by atoms with E-state index in [2.05, 4.69) is 0 Å². The Hall–Kier alpha value is -2.29. The third kappa shape index (κ3) is 4.61. The number of hydrogen-bond acceptors (Lipinski definition) is 2. The first kappa shape index (κ1) is 26.3. The highest BCUT2D eigenvalue weighted by Gasteiger charge is 2.56. The van der Waals surface area contributed by atoms with Crippen LogP contribution < -0.4 is 0 Å². The minimum Gasteiger partial charge on any atom is -0.339 e. The van der Waals surface area contributed by atoms with Crippen LogP contribution in [0.25, 0.3) is 0 Å². The predicted molar refractivity (Wildman–Crippen MR) is 132 cm³/mol. The van der Waals surface area contributed by atoms with Gasteiger partial charge >= 0.3 is 6.18 Å². The van der Waals surface area contributed by atoms with Crippen LogP contribution in [0.3, 0.4) is 0 Å². The van der Waals surface area contributed by atoms with Crippen molar-refractivity contribution in [2.24, 2.45) is 5.92 Å². The molecule has 3 nitrogen and oxygen atoms in total. The van der Waals surface area contributed by atoms with Gasteiger partial charge in [0.05, 0.1) is 0 Å². The number of rotatable bonds is 4. The SMILES string of the molecule is CC(F)(c1ccc2c(c1)CC[C@H]1N(C(=O)C3CCS(=O)CC3)CC[C@@]21Cc1ccc(F)cc1)C(F)(F)F. The molecule has 1 amide bonds. The van der Waals surface area contributed by atoms with Crippen LogP contribution in [-0.2, 0) is 39.5 Å².